The van der Waals surface area contributed by atoms with Crippen LogP contribution < -0.4 is 5.32 Å². The zero-order valence-electron chi connectivity index (χ0n) is 19.2. The van der Waals surface area contributed by atoms with Crippen molar-refractivity contribution in [1.29, 1.82) is 0 Å². The van der Waals surface area contributed by atoms with Gasteiger partial charge >= 0.3 is 0 Å². The molecular weight excluding hydrogens is 481 g/mol. The quantitative estimate of drug-likeness (QED) is 0.287. The third-order valence-corrected chi connectivity index (χ3v) is 6.11. The molecule has 4 nitrogen and oxygen atoms in total. The van der Waals surface area contributed by atoms with Crippen LogP contribution in [0.15, 0.2) is 77.5 Å². The average Bonchev–Trinajstić information content (AvgIpc) is 3.14. The lowest BCUT2D eigenvalue weighted by molar-refractivity contribution is -0.115. The minimum absolute atomic E-state index is 0.0487. The number of carbonyl (C=O) groups excluding carboxylic acids is 1. The summed E-state index contributed by atoms with van der Waals surface area (Å²) in [7, 11) is 1.97. The first kappa shape index (κ1) is 24.4. The van der Waals surface area contributed by atoms with Crippen LogP contribution in [-0.2, 0) is 11.8 Å². The van der Waals surface area contributed by atoms with Gasteiger partial charge in [0.15, 0.2) is 0 Å². The van der Waals surface area contributed by atoms with Crippen LogP contribution in [0.4, 0.5) is 10.1 Å². The molecule has 33 heavy (non-hydrogen) atoms. The molecule has 0 spiro atoms. The van der Waals surface area contributed by atoms with Crippen molar-refractivity contribution in [2.24, 2.45) is 7.05 Å². The summed E-state index contributed by atoms with van der Waals surface area (Å²) in [6.45, 7) is 5.82. The molecule has 0 fully saturated rings. The average molecular weight is 508 g/mol. The highest BCUT2D eigenvalue weighted by Crippen LogP contribution is 2.44. The number of carbonyl (C=O) groups is 1. The minimum Gasteiger partial charge on any atom is -0.342 e. The van der Waals surface area contributed by atoms with Crippen molar-refractivity contribution in [1.82, 2.24) is 9.55 Å². The summed E-state index contributed by atoms with van der Waals surface area (Å²) < 4.78 is 16.4. The Kier molecular flexibility index (Phi) is 8.17. The molecule has 170 valence electrons. The van der Waals surface area contributed by atoms with Crippen molar-refractivity contribution < 1.29 is 9.18 Å². The molecule has 0 aliphatic carbocycles. The number of nitrogens with one attached hydrogen (secondary N) is 1. The number of hydrogen-bond donors (Lipinski definition) is 1. The number of nitrogens with zero attached hydrogens (tertiary/aromatic N) is 2. The fourth-order valence-corrected chi connectivity index (χ4v) is 4.30. The number of hydrogen-bond acceptors (Lipinski definition) is 2. The molecule has 2 aromatic heterocycles. The highest BCUT2D eigenvalue weighted by atomic mass is 79.9. The van der Waals surface area contributed by atoms with E-state index in [9.17, 15) is 9.18 Å². The molecule has 0 bridgehead atoms. The van der Waals surface area contributed by atoms with E-state index in [4.69, 9.17) is 0 Å². The summed E-state index contributed by atoms with van der Waals surface area (Å²) in [4.78, 5) is 16.1. The number of aryl methyl sites for hydroxylation is 1. The van der Waals surface area contributed by atoms with E-state index in [1.54, 1.807) is 24.5 Å². The normalized spacial score (nSPS) is 10.8. The Bertz CT molecular complexity index is 1270. The van der Waals surface area contributed by atoms with Crippen LogP contribution in [0.2, 0.25) is 0 Å². The van der Waals surface area contributed by atoms with E-state index in [2.05, 4.69) is 30.8 Å². The zero-order valence-corrected chi connectivity index (χ0v) is 20.8. The first-order valence-corrected chi connectivity index (χ1v) is 11.6. The molecule has 0 aliphatic heterocycles. The lowest BCUT2D eigenvalue weighted by Gasteiger charge is -2.10. The van der Waals surface area contributed by atoms with Gasteiger partial charge in [0.1, 0.15) is 5.82 Å². The lowest BCUT2D eigenvalue weighted by atomic mass is 9.99. The number of pyridine rings is 1. The zero-order chi connectivity index (χ0) is 24.0. The summed E-state index contributed by atoms with van der Waals surface area (Å²) in [6.07, 6.45) is 7.92. The van der Waals surface area contributed by atoms with Gasteiger partial charge in [0.05, 0.1) is 21.4 Å². The molecule has 2 heterocycles. The second kappa shape index (κ2) is 11.1. The fraction of sp³-hybridized carbons (Fsp3) is 0.185. The minimum atomic E-state index is -0.274. The van der Waals surface area contributed by atoms with Gasteiger partial charge in [0, 0.05) is 36.8 Å². The molecule has 6 heteroatoms. The highest BCUT2D eigenvalue weighted by molar-refractivity contribution is 9.10. The van der Waals surface area contributed by atoms with E-state index < -0.39 is 0 Å². The number of allylic oxidation sites excluding steroid dienone is 2. The third kappa shape index (κ3) is 5.22. The van der Waals surface area contributed by atoms with Gasteiger partial charge in [0.25, 0.3) is 0 Å². The number of aromatic nitrogens is 2. The first-order valence-electron chi connectivity index (χ1n) is 10.8. The van der Waals surface area contributed by atoms with E-state index in [0.29, 0.717) is 6.42 Å². The van der Waals surface area contributed by atoms with Crippen molar-refractivity contribution in [2.75, 3.05) is 5.32 Å². The number of rotatable bonds is 4. The van der Waals surface area contributed by atoms with Crippen molar-refractivity contribution in [3.63, 3.8) is 0 Å². The molecular formula is C27H27BrFN3O. The molecule has 4 aromatic rings. The van der Waals surface area contributed by atoms with Crippen LogP contribution in [0, 0.1) is 5.82 Å². The van der Waals surface area contributed by atoms with E-state index in [1.807, 2.05) is 64.2 Å². The molecule has 0 saturated carbocycles. The number of amides is 1. The second-order valence-corrected chi connectivity index (χ2v) is 8.21. The van der Waals surface area contributed by atoms with Gasteiger partial charge in [-0.15, -0.1) is 0 Å². The van der Waals surface area contributed by atoms with Crippen LogP contribution in [0.1, 0.15) is 27.2 Å². The molecule has 0 atom stereocenters. The Balaban J connectivity index is 0.000000709. The maximum absolute atomic E-state index is 13.5. The molecule has 0 saturated heterocycles. The molecule has 1 N–H and O–H groups in total. The number of halogens is 2. The fourth-order valence-electron chi connectivity index (χ4n) is 3.59. The van der Waals surface area contributed by atoms with Crippen LogP contribution in [-0.4, -0.2) is 15.5 Å². The maximum atomic E-state index is 13.5. The van der Waals surface area contributed by atoms with Crippen molar-refractivity contribution >= 4 is 38.4 Å². The Morgan fingerprint density at radius 1 is 1.03 bits per heavy atom. The van der Waals surface area contributed by atoms with Crippen molar-refractivity contribution in [2.45, 2.75) is 27.2 Å². The highest BCUT2D eigenvalue weighted by Gasteiger charge is 2.21. The Morgan fingerprint density at radius 3 is 2.24 bits per heavy atom. The van der Waals surface area contributed by atoms with Gasteiger partial charge in [-0.05, 0) is 83.4 Å². The Morgan fingerprint density at radius 2 is 1.67 bits per heavy atom. The van der Waals surface area contributed by atoms with Crippen LogP contribution in [0.25, 0.3) is 33.3 Å². The second-order valence-electron chi connectivity index (χ2n) is 7.42. The predicted molar refractivity (Wildman–Crippen MR) is 139 cm³/mol. The molecule has 0 aliphatic rings. The smallest absolute Gasteiger partial charge is 0.224 e. The third-order valence-electron chi connectivity index (χ3n) is 5.31. The van der Waals surface area contributed by atoms with Crippen LogP contribution in [0.3, 0.4) is 0 Å². The SMILES string of the molecule is C/C=C/C.CCC(=O)Nc1ccc2c(-c3ccncc3)c(-c3ccc(F)cc3)n(C)c2c1Br. The standard InChI is InChI=1S/C23H19BrFN3O.C4H8/c1-3-19(29)27-18-9-8-17-20(14-10-12-26-13-11-14)22(28(2)23(17)21(18)24)15-4-6-16(25)7-5-15;1-3-4-2/h4-13H,3H2,1-2H3,(H,27,29);3-4H,1-2H3/b;4-3+. The summed E-state index contributed by atoms with van der Waals surface area (Å²) in [5.41, 5.74) is 5.59. The van der Waals surface area contributed by atoms with Crippen LogP contribution >= 0.6 is 15.9 Å². The molecule has 4 rings (SSSR count). The molecule has 1 amide bonds. The van der Waals surface area contributed by atoms with E-state index in [1.165, 1.54) is 12.1 Å². The van der Waals surface area contributed by atoms with Crippen molar-refractivity contribution in [3.05, 3.63) is 83.4 Å². The summed E-state index contributed by atoms with van der Waals surface area (Å²) in [5.74, 6) is -0.323. The first-order chi connectivity index (χ1) is 15.9. The molecule has 2 aromatic carbocycles. The molecule has 0 unspecified atom stereocenters. The summed E-state index contributed by atoms with van der Waals surface area (Å²) >= 11 is 3.69. The molecule has 0 radical (unpaired) electrons. The summed E-state index contributed by atoms with van der Waals surface area (Å²) in [5, 5.41) is 3.96. The monoisotopic (exact) mass is 507 g/mol. The number of fused-ring (bicyclic) bond motifs is 1. The van der Waals surface area contributed by atoms with Gasteiger partial charge < -0.3 is 9.88 Å². The summed E-state index contributed by atoms with van der Waals surface area (Å²) in [6, 6.07) is 14.3. The van der Waals surface area contributed by atoms with E-state index >= 15 is 0 Å². The number of benzene rings is 2. The maximum Gasteiger partial charge on any atom is 0.224 e. The van der Waals surface area contributed by atoms with Gasteiger partial charge in [-0.3, -0.25) is 9.78 Å². The van der Waals surface area contributed by atoms with Gasteiger partial charge in [-0.2, -0.15) is 0 Å². The number of anilines is 1. The Hall–Kier alpha value is -3.25. The Labute approximate surface area is 202 Å². The lowest BCUT2D eigenvalue weighted by Crippen LogP contribution is -2.10. The van der Waals surface area contributed by atoms with E-state index in [0.717, 1.165) is 43.4 Å². The van der Waals surface area contributed by atoms with Crippen molar-refractivity contribution in [3.8, 4) is 22.4 Å². The van der Waals surface area contributed by atoms with Gasteiger partial charge in [0.2, 0.25) is 5.91 Å². The predicted octanol–water partition coefficient (Wildman–Crippen LogP) is 7.74. The van der Waals surface area contributed by atoms with Gasteiger partial charge in [-0.1, -0.05) is 25.1 Å². The largest absolute Gasteiger partial charge is 0.342 e. The van der Waals surface area contributed by atoms with Gasteiger partial charge in [-0.25, -0.2) is 4.39 Å². The van der Waals surface area contributed by atoms with E-state index in [-0.39, 0.29) is 11.7 Å². The van der Waals surface area contributed by atoms with Crippen LogP contribution in [0.5, 0.6) is 0 Å². The topological polar surface area (TPSA) is 46.9 Å².